The maximum absolute atomic E-state index is 5.54. The third kappa shape index (κ3) is 2.19. The number of nitrogens with two attached hydrogens (primary N) is 1. The van der Waals surface area contributed by atoms with Crippen LogP contribution in [0.1, 0.15) is 5.69 Å². The molecule has 2 aromatic rings. The van der Waals surface area contributed by atoms with E-state index >= 15 is 0 Å². The lowest BCUT2D eigenvalue weighted by Crippen LogP contribution is -1.93. The van der Waals surface area contributed by atoms with Crippen molar-refractivity contribution in [3.63, 3.8) is 0 Å². The van der Waals surface area contributed by atoms with E-state index in [1.807, 2.05) is 12.1 Å². The van der Waals surface area contributed by atoms with Gasteiger partial charge in [0, 0.05) is 5.75 Å². The third-order valence-corrected chi connectivity index (χ3v) is 2.37. The van der Waals surface area contributed by atoms with Crippen molar-refractivity contribution in [1.82, 2.24) is 25.6 Å². The number of hydrogen-bond acceptors (Lipinski definition) is 6. The molecule has 0 aliphatic carbocycles. The molecule has 6 nitrogen and oxygen atoms in total. The molecule has 0 saturated carbocycles. The number of H-pyrrole nitrogens is 1. The lowest BCUT2D eigenvalue weighted by molar-refractivity contribution is 0.881. The molecule has 7 heteroatoms. The first kappa shape index (κ1) is 8.95. The quantitative estimate of drug-likeness (QED) is 0.712. The van der Waals surface area contributed by atoms with Crippen LogP contribution in [-0.4, -0.2) is 25.6 Å². The summed E-state index contributed by atoms with van der Waals surface area (Å²) in [5, 5.41) is 14.1. The van der Waals surface area contributed by atoms with Gasteiger partial charge >= 0.3 is 0 Å². The second-order valence-electron chi connectivity index (χ2n) is 2.54. The summed E-state index contributed by atoms with van der Waals surface area (Å²) in [7, 11) is 0. The molecule has 0 unspecified atom stereocenters. The zero-order chi connectivity index (χ0) is 9.80. The van der Waals surface area contributed by atoms with Crippen LogP contribution in [0.4, 0.5) is 5.82 Å². The molecule has 0 aliphatic rings. The average Bonchev–Trinajstić information content (AvgIpc) is 2.67. The minimum atomic E-state index is 0.524. The molecule has 72 valence electrons. The van der Waals surface area contributed by atoms with E-state index in [1.165, 1.54) is 11.8 Å². The first-order valence-electron chi connectivity index (χ1n) is 3.92. The van der Waals surface area contributed by atoms with Crippen LogP contribution in [0.2, 0.25) is 0 Å². The summed E-state index contributed by atoms with van der Waals surface area (Å²) in [6.07, 6.45) is 0. The summed E-state index contributed by atoms with van der Waals surface area (Å²) in [5.74, 6) is 1.21. The summed E-state index contributed by atoms with van der Waals surface area (Å²) in [4.78, 5) is 4.14. The number of hydrogen-bond donors (Lipinski definition) is 2. The van der Waals surface area contributed by atoms with Gasteiger partial charge in [0.1, 0.15) is 5.82 Å². The first-order chi connectivity index (χ1) is 6.84. The molecule has 14 heavy (non-hydrogen) atoms. The van der Waals surface area contributed by atoms with Crippen LogP contribution in [0, 0.1) is 0 Å². The Morgan fingerprint density at radius 2 is 2.36 bits per heavy atom. The van der Waals surface area contributed by atoms with Crippen LogP contribution in [0.15, 0.2) is 23.4 Å². The second-order valence-corrected chi connectivity index (χ2v) is 3.48. The Hall–Kier alpha value is -1.63. The van der Waals surface area contributed by atoms with Crippen molar-refractivity contribution < 1.29 is 0 Å². The molecule has 0 bridgehead atoms. The minimum absolute atomic E-state index is 0.524. The van der Waals surface area contributed by atoms with E-state index in [1.54, 1.807) is 6.07 Å². The van der Waals surface area contributed by atoms with Crippen molar-refractivity contribution in [2.75, 3.05) is 5.73 Å². The highest BCUT2D eigenvalue weighted by Gasteiger charge is 2.01. The van der Waals surface area contributed by atoms with Crippen molar-refractivity contribution in [3.05, 3.63) is 23.9 Å². The molecule has 0 atom stereocenters. The fraction of sp³-hybridized carbons (Fsp3) is 0.143. The Kier molecular flexibility index (Phi) is 2.59. The Morgan fingerprint density at radius 3 is 3.07 bits per heavy atom. The van der Waals surface area contributed by atoms with Gasteiger partial charge in [0.15, 0.2) is 0 Å². The van der Waals surface area contributed by atoms with Gasteiger partial charge in [0.25, 0.3) is 0 Å². The normalized spacial score (nSPS) is 10.3. The fourth-order valence-electron chi connectivity index (χ4n) is 0.931. The Balaban J connectivity index is 1.98. The predicted octanol–water partition coefficient (Wildman–Crippen LogP) is 0.469. The van der Waals surface area contributed by atoms with Crippen molar-refractivity contribution >= 4 is 17.6 Å². The number of aromatic amines is 1. The number of thioether (sulfide) groups is 1. The molecule has 0 amide bonds. The van der Waals surface area contributed by atoms with Gasteiger partial charge in [0.05, 0.1) is 5.69 Å². The minimum Gasteiger partial charge on any atom is -0.384 e. The van der Waals surface area contributed by atoms with Gasteiger partial charge in [-0.05, 0) is 17.3 Å². The van der Waals surface area contributed by atoms with Gasteiger partial charge in [-0.25, -0.2) is 4.98 Å². The number of anilines is 1. The number of aromatic nitrogens is 5. The molecular formula is C7H8N6S. The summed E-state index contributed by atoms with van der Waals surface area (Å²) >= 11 is 1.45. The molecule has 0 aromatic carbocycles. The Morgan fingerprint density at radius 1 is 1.43 bits per heavy atom. The number of tetrazole rings is 1. The SMILES string of the molecule is Nc1cccc(CSc2nn[nH]n2)n1. The van der Waals surface area contributed by atoms with E-state index in [0.717, 1.165) is 5.69 Å². The molecule has 2 rings (SSSR count). The van der Waals surface area contributed by atoms with E-state index < -0.39 is 0 Å². The lowest BCUT2D eigenvalue weighted by Gasteiger charge is -1.97. The van der Waals surface area contributed by atoms with Gasteiger partial charge in [-0.2, -0.15) is 5.21 Å². The second kappa shape index (κ2) is 4.05. The molecular weight excluding hydrogens is 200 g/mol. The Bertz CT molecular complexity index is 400. The topological polar surface area (TPSA) is 93.4 Å². The highest BCUT2D eigenvalue weighted by molar-refractivity contribution is 7.98. The van der Waals surface area contributed by atoms with E-state index in [-0.39, 0.29) is 0 Å². The smallest absolute Gasteiger partial charge is 0.231 e. The lowest BCUT2D eigenvalue weighted by atomic mass is 10.4. The number of pyridine rings is 1. The van der Waals surface area contributed by atoms with Crippen molar-refractivity contribution in [2.24, 2.45) is 0 Å². The molecule has 2 aromatic heterocycles. The van der Waals surface area contributed by atoms with Crippen molar-refractivity contribution in [1.29, 1.82) is 0 Å². The molecule has 0 saturated heterocycles. The molecule has 0 fully saturated rings. The maximum atomic E-state index is 5.54. The van der Waals surface area contributed by atoms with Gasteiger partial charge in [-0.15, -0.1) is 10.2 Å². The van der Waals surface area contributed by atoms with Crippen LogP contribution in [0.25, 0.3) is 0 Å². The monoisotopic (exact) mass is 208 g/mol. The number of nitrogens with zero attached hydrogens (tertiary/aromatic N) is 4. The van der Waals surface area contributed by atoms with E-state index in [9.17, 15) is 0 Å². The zero-order valence-corrected chi connectivity index (χ0v) is 8.03. The third-order valence-electron chi connectivity index (χ3n) is 1.50. The van der Waals surface area contributed by atoms with E-state index in [4.69, 9.17) is 5.73 Å². The van der Waals surface area contributed by atoms with Crippen molar-refractivity contribution in [3.8, 4) is 0 Å². The summed E-state index contributed by atoms with van der Waals surface area (Å²) in [6, 6.07) is 5.53. The van der Waals surface area contributed by atoms with Gasteiger partial charge < -0.3 is 5.73 Å². The summed E-state index contributed by atoms with van der Waals surface area (Å²) in [6.45, 7) is 0. The summed E-state index contributed by atoms with van der Waals surface area (Å²) in [5.41, 5.74) is 6.44. The number of rotatable bonds is 3. The highest BCUT2D eigenvalue weighted by Crippen LogP contribution is 2.16. The Labute approximate surface area is 84.3 Å². The zero-order valence-electron chi connectivity index (χ0n) is 7.21. The standard InChI is InChI=1S/C7H8N6S/c8-6-3-1-2-5(9-6)4-14-7-10-12-13-11-7/h1-3H,4H2,(H2,8,9)(H,10,11,12,13). The predicted molar refractivity (Wildman–Crippen MR) is 52.4 cm³/mol. The molecule has 0 radical (unpaired) electrons. The van der Waals surface area contributed by atoms with Gasteiger partial charge in [-0.1, -0.05) is 17.8 Å². The van der Waals surface area contributed by atoms with E-state index in [2.05, 4.69) is 25.6 Å². The number of nitrogens with one attached hydrogen (secondary N) is 1. The van der Waals surface area contributed by atoms with E-state index in [0.29, 0.717) is 16.7 Å². The maximum Gasteiger partial charge on any atom is 0.231 e. The molecule has 0 spiro atoms. The highest BCUT2D eigenvalue weighted by atomic mass is 32.2. The van der Waals surface area contributed by atoms with Crippen LogP contribution < -0.4 is 5.73 Å². The number of nitrogen functional groups attached to an aromatic ring is 1. The largest absolute Gasteiger partial charge is 0.384 e. The molecule has 2 heterocycles. The molecule has 3 N–H and O–H groups in total. The van der Waals surface area contributed by atoms with Crippen LogP contribution in [0.3, 0.4) is 0 Å². The average molecular weight is 208 g/mol. The van der Waals surface area contributed by atoms with Gasteiger partial charge in [-0.3, -0.25) is 0 Å². The van der Waals surface area contributed by atoms with Crippen LogP contribution in [0.5, 0.6) is 0 Å². The summed E-state index contributed by atoms with van der Waals surface area (Å²) < 4.78 is 0. The van der Waals surface area contributed by atoms with Crippen LogP contribution in [-0.2, 0) is 5.75 Å². The fourth-order valence-corrected chi connectivity index (χ4v) is 1.57. The molecule has 0 aliphatic heterocycles. The van der Waals surface area contributed by atoms with Crippen molar-refractivity contribution in [2.45, 2.75) is 10.9 Å². The van der Waals surface area contributed by atoms with Gasteiger partial charge in [0.2, 0.25) is 5.16 Å². The van der Waals surface area contributed by atoms with Crippen LogP contribution >= 0.6 is 11.8 Å². The first-order valence-corrected chi connectivity index (χ1v) is 4.91.